The molecule has 184 valence electrons. The van der Waals surface area contributed by atoms with Gasteiger partial charge in [0.25, 0.3) is 5.91 Å². The van der Waals surface area contributed by atoms with E-state index in [0.29, 0.717) is 28.9 Å². The van der Waals surface area contributed by atoms with Crippen molar-refractivity contribution in [3.8, 4) is 5.75 Å². The summed E-state index contributed by atoms with van der Waals surface area (Å²) in [6.07, 6.45) is 5.37. The van der Waals surface area contributed by atoms with Crippen LogP contribution in [0.25, 0.3) is 0 Å². The number of urea groups is 1. The molecule has 10 heteroatoms. The highest BCUT2D eigenvalue weighted by Crippen LogP contribution is 2.31. The van der Waals surface area contributed by atoms with Gasteiger partial charge in [0.2, 0.25) is 5.91 Å². The van der Waals surface area contributed by atoms with Gasteiger partial charge < -0.3 is 20.3 Å². The van der Waals surface area contributed by atoms with E-state index in [4.69, 9.17) is 21.5 Å². The van der Waals surface area contributed by atoms with Crippen LogP contribution in [0.1, 0.15) is 51.5 Å². The zero-order valence-electron chi connectivity index (χ0n) is 19.7. The number of halogens is 1. The van der Waals surface area contributed by atoms with Gasteiger partial charge in [0, 0.05) is 17.6 Å². The van der Waals surface area contributed by atoms with Crippen LogP contribution in [-0.4, -0.2) is 54.2 Å². The SMILES string of the molecule is COc1cc(Cl)c(C)cc1NC(=O)NC(C(=O)N(CCC1CCCC1)CC(=O)NO)C(C)C. The summed E-state index contributed by atoms with van der Waals surface area (Å²) in [5, 5.41) is 14.9. The maximum Gasteiger partial charge on any atom is 0.320 e. The first-order valence-corrected chi connectivity index (χ1v) is 11.7. The number of nitrogens with one attached hydrogen (secondary N) is 3. The Morgan fingerprint density at radius 2 is 1.91 bits per heavy atom. The second kappa shape index (κ2) is 12.6. The molecule has 0 radical (unpaired) electrons. The van der Waals surface area contributed by atoms with Gasteiger partial charge in [-0.3, -0.25) is 14.8 Å². The van der Waals surface area contributed by atoms with E-state index in [9.17, 15) is 14.4 Å². The van der Waals surface area contributed by atoms with Crippen molar-refractivity contribution < 1.29 is 24.3 Å². The Kier molecular flexibility index (Phi) is 10.2. The molecule has 0 heterocycles. The highest BCUT2D eigenvalue weighted by molar-refractivity contribution is 6.31. The summed E-state index contributed by atoms with van der Waals surface area (Å²) in [7, 11) is 1.47. The van der Waals surface area contributed by atoms with Crippen LogP contribution in [0.15, 0.2) is 12.1 Å². The highest BCUT2D eigenvalue weighted by atomic mass is 35.5. The third-order valence-corrected chi connectivity index (χ3v) is 6.41. The molecule has 1 aromatic rings. The quantitative estimate of drug-likeness (QED) is 0.299. The number of ether oxygens (including phenoxy) is 1. The van der Waals surface area contributed by atoms with Crippen LogP contribution in [0.4, 0.5) is 10.5 Å². The molecule has 1 saturated carbocycles. The van der Waals surface area contributed by atoms with Gasteiger partial charge in [-0.15, -0.1) is 0 Å². The first kappa shape index (κ1) is 26.7. The minimum atomic E-state index is -0.862. The second-order valence-electron chi connectivity index (χ2n) is 8.86. The Balaban J connectivity index is 2.12. The Morgan fingerprint density at radius 1 is 1.24 bits per heavy atom. The number of aryl methyl sites for hydroxylation is 1. The third kappa shape index (κ3) is 7.78. The first-order valence-electron chi connectivity index (χ1n) is 11.3. The number of nitrogens with zero attached hydrogens (tertiary/aromatic N) is 1. The molecule has 0 aliphatic heterocycles. The van der Waals surface area contributed by atoms with E-state index in [1.807, 2.05) is 13.8 Å². The van der Waals surface area contributed by atoms with Crippen LogP contribution in [0.5, 0.6) is 5.75 Å². The van der Waals surface area contributed by atoms with Gasteiger partial charge in [0.05, 0.1) is 12.8 Å². The Hall–Kier alpha value is -2.52. The first-order chi connectivity index (χ1) is 15.7. The lowest BCUT2D eigenvalue weighted by atomic mass is 10.0. The van der Waals surface area contributed by atoms with Gasteiger partial charge >= 0.3 is 6.03 Å². The summed E-state index contributed by atoms with van der Waals surface area (Å²) in [5.74, 6) is -0.370. The number of hydroxylamine groups is 1. The minimum absolute atomic E-state index is 0.233. The summed E-state index contributed by atoms with van der Waals surface area (Å²) >= 11 is 6.12. The van der Waals surface area contributed by atoms with Crippen molar-refractivity contribution in [3.05, 3.63) is 22.7 Å². The summed E-state index contributed by atoms with van der Waals surface area (Å²) in [6, 6.07) is 1.85. The molecule has 0 bridgehead atoms. The van der Waals surface area contributed by atoms with Crippen LogP contribution < -0.4 is 20.9 Å². The molecule has 4 amide bonds. The smallest absolute Gasteiger partial charge is 0.320 e. The van der Waals surface area contributed by atoms with Crippen molar-refractivity contribution in [3.63, 3.8) is 0 Å². The molecule has 2 rings (SSSR count). The second-order valence-corrected chi connectivity index (χ2v) is 9.26. The lowest BCUT2D eigenvalue weighted by Gasteiger charge is -2.30. The van der Waals surface area contributed by atoms with E-state index >= 15 is 0 Å². The Morgan fingerprint density at radius 3 is 2.48 bits per heavy atom. The highest BCUT2D eigenvalue weighted by Gasteiger charge is 2.30. The average molecular weight is 483 g/mol. The number of benzene rings is 1. The largest absolute Gasteiger partial charge is 0.495 e. The van der Waals surface area contributed by atoms with Crippen molar-refractivity contribution in [1.82, 2.24) is 15.7 Å². The van der Waals surface area contributed by atoms with Crippen LogP contribution in [0.2, 0.25) is 5.02 Å². The van der Waals surface area contributed by atoms with Crippen molar-refractivity contribution in [2.24, 2.45) is 11.8 Å². The van der Waals surface area contributed by atoms with Crippen molar-refractivity contribution >= 4 is 35.1 Å². The van der Waals surface area contributed by atoms with Crippen molar-refractivity contribution in [2.75, 3.05) is 25.5 Å². The normalized spacial score (nSPS) is 14.6. The fourth-order valence-electron chi connectivity index (χ4n) is 4.05. The van der Waals surface area contributed by atoms with E-state index in [2.05, 4.69) is 10.6 Å². The number of amides is 4. The van der Waals surface area contributed by atoms with Gasteiger partial charge in [0.1, 0.15) is 18.3 Å². The maximum atomic E-state index is 13.3. The molecule has 1 atom stereocenters. The van der Waals surface area contributed by atoms with E-state index in [-0.39, 0.29) is 18.4 Å². The number of carbonyl (C=O) groups is 3. The number of anilines is 1. The number of methoxy groups -OCH3 is 1. The van der Waals surface area contributed by atoms with Gasteiger partial charge in [0.15, 0.2) is 0 Å². The van der Waals surface area contributed by atoms with Gasteiger partial charge in [-0.05, 0) is 36.8 Å². The third-order valence-electron chi connectivity index (χ3n) is 6.00. The maximum absolute atomic E-state index is 13.3. The predicted octanol–water partition coefficient (Wildman–Crippen LogP) is 3.72. The predicted molar refractivity (Wildman–Crippen MR) is 127 cm³/mol. The van der Waals surface area contributed by atoms with E-state index in [1.165, 1.54) is 24.9 Å². The number of hydrogen-bond donors (Lipinski definition) is 4. The standard InChI is InChI=1S/C23H35ClN4O5/c1-14(2)21(26-23(31)25-18-11-15(3)17(24)12-19(18)33-4)22(30)28(13-20(29)27-32)10-9-16-7-5-6-8-16/h11-12,14,16,21,32H,5-10,13H2,1-4H3,(H,27,29)(H2,25,26,31). The van der Waals surface area contributed by atoms with Gasteiger partial charge in [-0.1, -0.05) is 51.1 Å². The molecule has 9 nitrogen and oxygen atoms in total. The molecule has 33 heavy (non-hydrogen) atoms. The lowest BCUT2D eigenvalue weighted by Crippen LogP contribution is -2.54. The lowest BCUT2D eigenvalue weighted by molar-refractivity contribution is -0.141. The summed E-state index contributed by atoms with van der Waals surface area (Å²) in [5.41, 5.74) is 2.77. The van der Waals surface area contributed by atoms with Crippen LogP contribution in [0, 0.1) is 18.8 Å². The monoisotopic (exact) mass is 482 g/mol. The molecule has 1 fully saturated rings. The van der Waals surface area contributed by atoms with Crippen LogP contribution in [-0.2, 0) is 9.59 Å². The molecule has 0 aromatic heterocycles. The number of hydrogen-bond acceptors (Lipinski definition) is 5. The topological polar surface area (TPSA) is 120 Å². The summed E-state index contributed by atoms with van der Waals surface area (Å²) < 4.78 is 5.29. The summed E-state index contributed by atoms with van der Waals surface area (Å²) in [4.78, 5) is 39.3. The van der Waals surface area contributed by atoms with Gasteiger partial charge in [-0.25, -0.2) is 10.3 Å². The fraction of sp³-hybridized carbons (Fsp3) is 0.609. The molecular weight excluding hydrogens is 448 g/mol. The zero-order chi connectivity index (χ0) is 24.5. The zero-order valence-corrected chi connectivity index (χ0v) is 20.5. The van der Waals surface area contributed by atoms with Crippen molar-refractivity contribution in [2.45, 2.75) is 58.9 Å². The van der Waals surface area contributed by atoms with Crippen molar-refractivity contribution in [1.29, 1.82) is 0 Å². The molecule has 0 saturated heterocycles. The Bertz CT molecular complexity index is 842. The molecule has 1 aromatic carbocycles. The summed E-state index contributed by atoms with van der Waals surface area (Å²) in [6.45, 7) is 5.54. The Labute approximate surface area is 200 Å². The van der Waals surface area contributed by atoms with E-state index in [0.717, 1.165) is 24.8 Å². The van der Waals surface area contributed by atoms with Crippen LogP contribution in [0.3, 0.4) is 0 Å². The molecule has 4 N–H and O–H groups in total. The average Bonchev–Trinajstić information content (AvgIpc) is 3.30. The molecule has 1 aliphatic carbocycles. The van der Waals surface area contributed by atoms with E-state index < -0.39 is 18.0 Å². The fourth-order valence-corrected chi connectivity index (χ4v) is 4.21. The molecule has 1 aliphatic rings. The molecule has 1 unspecified atom stereocenters. The number of carbonyl (C=O) groups excluding carboxylic acids is 3. The van der Waals surface area contributed by atoms with Gasteiger partial charge in [-0.2, -0.15) is 0 Å². The molecule has 0 spiro atoms. The van der Waals surface area contributed by atoms with Crippen LogP contribution >= 0.6 is 11.6 Å². The van der Waals surface area contributed by atoms with E-state index in [1.54, 1.807) is 24.5 Å². The molecular formula is C23H35ClN4O5. The number of rotatable bonds is 10. The minimum Gasteiger partial charge on any atom is -0.495 e.